The second-order valence-corrected chi connectivity index (χ2v) is 6.04. The second kappa shape index (κ2) is 6.40. The first kappa shape index (κ1) is 13.6. The Kier molecular flexibility index (Phi) is 4.36. The smallest absolute Gasteiger partial charge is 0.225 e. The number of carbonyl (C=O) groups is 1. The summed E-state index contributed by atoms with van der Waals surface area (Å²) < 4.78 is 0. The number of hydrogen-bond donors (Lipinski definition) is 1. The van der Waals surface area contributed by atoms with Crippen molar-refractivity contribution in [2.45, 2.75) is 38.1 Å². The van der Waals surface area contributed by atoms with Crippen LogP contribution in [0.2, 0.25) is 0 Å². The Morgan fingerprint density at radius 2 is 1.85 bits per heavy atom. The van der Waals surface area contributed by atoms with Crippen molar-refractivity contribution in [2.24, 2.45) is 5.92 Å². The average molecular weight is 272 g/mol. The van der Waals surface area contributed by atoms with Crippen molar-refractivity contribution in [3.05, 3.63) is 35.9 Å². The van der Waals surface area contributed by atoms with Gasteiger partial charge < -0.3 is 10.2 Å². The van der Waals surface area contributed by atoms with Crippen LogP contribution in [0.4, 0.5) is 0 Å². The van der Waals surface area contributed by atoms with Gasteiger partial charge in [-0.05, 0) is 18.4 Å². The number of hydrogen-bond acceptors (Lipinski definition) is 2. The minimum Gasteiger partial charge on any atom is -0.339 e. The highest BCUT2D eigenvalue weighted by Gasteiger charge is 2.29. The summed E-state index contributed by atoms with van der Waals surface area (Å²) in [5.74, 6) is 0.686. The minimum atomic E-state index is 0.289. The molecule has 3 rings (SSSR count). The molecular weight excluding hydrogens is 248 g/mol. The predicted octanol–water partition coefficient (Wildman–Crippen LogP) is 2.74. The molecule has 0 aromatic heterocycles. The first-order chi connectivity index (χ1) is 9.84. The van der Waals surface area contributed by atoms with Gasteiger partial charge in [-0.3, -0.25) is 4.79 Å². The molecule has 0 bridgehead atoms. The monoisotopic (exact) mass is 272 g/mol. The highest BCUT2D eigenvalue weighted by atomic mass is 16.2. The van der Waals surface area contributed by atoms with Crippen LogP contribution in [0.1, 0.15) is 43.7 Å². The van der Waals surface area contributed by atoms with Crippen molar-refractivity contribution in [3.8, 4) is 0 Å². The van der Waals surface area contributed by atoms with Gasteiger partial charge in [0.1, 0.15) is 0 Å². The lowest BCUT2D eigenvalue weighted by molar-refractivity contribution is -0.137. The van der Waals surface area contributed by atoms with E-state index in [1.54, 1.807) is 0 Å². The topological polar surface area (TPSA) is 32.3 Å². The van der Waals surface area contributed by atoms with Gasteiger partial charge in [-0.15, -0.1) is 0 Å². The van der Waals surface area contributed by atoms with Crippen LogP contribution in [-0.2, 0) is 4.79 Å². The molecule has 1 aliphatic carbocycles. The maximum atomic E-state index is 12.6. The molecule has 3 heteroatoms. The quantitative estimate of drug-likeness (QED) is 0.898. The standard InChI is InChI=1S/C17H24N2O/c20-17(15-9-5-2-6-10-15)19-12-11-18-16(13-19)14-7-3-1-4-8-14/h1,3-4,7-8,15-16,18H,2,5-6,9-13H2. The number of piperazine rings is 1. The van der Waals surface area contributed by atoms with E-state index < -0.39 is 0 Å². The van der Waals surface area contributed by atoms with E-state index in [4.69, 9.17) is 0 Å². The second-order valence-electron chi connectivity index (χ2n) is 6.04. The largest absolute Gasteiger partial charge is 0.339 e. The summed E-state index contributed by atoms with van der Waals surface area (Å²) in [6.07, 6.45) is 5.95. The van der Waals surface area contributed by atoms with E-state index in [1.165, 1.54) is 24.8 Å². The molecule has 1 saturated heterocycles. The molecule has 1 saturated carbocycles. The van der Waals surface area contributed by atoms with E-state index in [0.717, 1.165) is 32.5 Å². The fourth-order valence-corrected chi connectivity index (χ4v) is 3.47. The van der Waals surface area contributed by atoms with Gasteiger partial charge in [0.25, 0.3) is 0 Å². The van der Waals surface area contributed by atoms with Crippen LogP contribution in [0, 0.1) is 5.92 Å². The third kappa shape index (κ3) is 3.04. The number of rotatable bonds is 2. The van der Waals surface area contributed by atoms with Gasteiger partial charge in [0.05, 0.1) is 0 Å². The van der Waals surface area contributed by atoms with E-state index in [9.17, 15) is 4.79 Å². The van der Waals surface area contributed by atoms with Crippen molar-refractivity contribution < 1.29 is 4.79 Å². The Morgan fingerprint density at radius 1 is 1.10 bits per heavy atom. The van der Waals surface area contributed by atoms with Crippen molar-refractivity contribution in [1.82, 2.24) is 10.2 Å². The Balaban J connectivity index is 1.64. The zero-order valence-corrected chi connectivity index (χ0v) is 12.1. The molecule has 108 valence electrons. The molecule has 20 heavy (non-hydrogen) atoms. The summed E-state index contributed by atoms with van der Waals surface area (Å²) in [7, 11) is 0. The lowest BCUT2D eigenvalue weighted by atomic mass is 9.88. The zero-order valence-electron chi connectivity index (χ0n) is 12.1. The molecule has 1 unspecified atom stereocenters. The van der Waals surface area contributed by atoms with Crippen molar-refractivity contribution in [3.63, 3.8) is 0 Å². The molecule has 2 aliphatic rings. The van der Waals surface area contributed by atoms with Gasteiger partial charge >= 0.3 is 0 Å². The Labute approximate surface area is 121 Å². The molecule has 1 aromatic carbocycles. The first-order valence-corrected chi connectivity index (χ1v) is 7.92. The van der Waals surface area contributed by atoms with Gasteiger partial charge in [0.15, 0.2) is 0 Å². The molecule has 1 atom stereocenters. The van der Waals surface area contributed by atoms with Crippen LogP contribution in [0.15, 0.2) is 30.3 Å². The highest BCUT2D eigenvalue weighted by Crippen LogP contribution is 2.27. The van der Waals surface area contributed by atoms with E-state index in [2.05, 4.69) is 34.5 Å². The Morgan fingerprint density at radius 3 is 2.60 bits per heavy atom. The molecule has 1 N–H and O–H groups in total. The number of carbonyl (C=O) groups excluding carboxylic acids is 1. The summed E-state index contributed by atoms with van der Waals surface area (Å²) >= 11 is 0. The molecule has 0 radical (unpaired) electrons. The van der Waals surface area contributed by atoms with Gasteiger partial charge in [0.2, 0.25) is 5.91 Å². The zero-order chi connectivity index (χ0) is 13.8. The van der Waals surface area contributed by atoms with Gasteiger partial charge in [0, 0.05) is 31.6 Å². The third-order valence-corrected chi connectivity index (χ3v) is 4.64. The maximum absolute atomic E-state index is 12.6. The van der Waals surface area contributed by atoms with E-state index in [0.29, 0.717) is 11.8 Å². The van der Waals surface area contributed by atoms with Crippen LogP contribution in [0.25, 0.3) is 0 Å². The molecular formula is C17H24N2O. The van der Waals surface area contributed by atoms with E-state index >= 15 is 0 Å². The van der Waals surface area contributed by atoms with Crippen molar-refractivity contribution in [1.29, 1.82) is 0 Å². The molecule has 1 heterocycles. The predicted molar refractivity (Wildman–Crippen MR) is 80.3 cm³/mol. The number of amides is 1. The van der Waals surface area contributed by atoms with E-state index in [1.807, 2.05) is 6.07 Å². The molecule has 0 spiro atoms. The first-order valence-electron chi connectivity index (χ1n) is 7.92. The van der Waals surface area contributed by atoms with Gasteiger partial charge in [-0.25, -0.2) is 0 Å². The Bertz CT molecular complexity index is 440. The summed E-state index contributed by atoms with van der Waals surface area (Å²) in [4.78, 5) is 14.7. The van der Waals surface area contributed by atoms with Crippen LogP contribution in [0.5, 0.6) is 0 Å². The molecule has 2 fully saturated rings. The molecule has 3 nitrogen and oxygen atoms in total. The van der Waals surface area contributed by atoms with Crippen LogP contribution >= 0.6 is 0 Å². The van der Waals surface area contributed by atoms with Crippen LogP contribution < -0.4 is 5.32 Å². The minimum absolute atomic E-state index is 0.289. The van der Waals surface area contributed by atoms with Gasteiger partial charge in [-0.2, -0.15) is 0 Å². The van der Waals surface area contributed by atoms with Crippen LogP contribution in [0.3, 0.4) is 0 Å². The summed E-state index contributed by atoms with van der Waals surface area (Å²) in [6, 6.07) is 10.8. The fraction of sp³-hybridized carbons (Fsp3) is 0.588. The molecule has 1 aliphatic heterocycles. The average Bonchev–Trinajstić information content (AvgIpc) is 2.56. The number of nitrogens with one attached hydrogen (secondary N) is 1. The SMILES string of the molecule is O=C(C1CCCCC1)N1CCNC(c2ccccc2)C1. The Hall–Kier alpha value is -1.35. The normalized spacial score (nSPS) is 24.6. The summed E-state index contributed by atoms with van der Waals surface area (Å²) in [5, 5.41) is 3.53. The molecule has 1 amide bonds. The van der Waals surface area contributed by atoms with E-state index in [-0.39, 0.29) is 6.04 Å². The van der Waals surface area contributed by atoms with Gasteiger partial charge in [-0.1, -0.05) is 49.6 Å². The lowest BCUT2D eigenvalue weighted by Crippen LogP contribution is -2.50. The van der Waals surface area contributed by atoms with Crippen molar-refractivity contribution in [2.75, 3.05) is 19.6 Å². The van der Waals surface area contributed by atoms with Crippen LogP contribution in [-0.4, -0.2) is 30.4 Å². The fourth-order valence-electron chi connectivity index (χ4n) is 3.47. The lowest BCUT2D eigenvalue weighted by Gasteiger charge is -2.36. The third-order valence-electron chi connectivity index (χ3n) is 4.64. The summed E-state index contributed by atoms with van der Waals surface area (Å²) in [6.45, 7) is 2.58. The molecule has 1 aromatic rings. The van der Waals surface area contributed by atoms with Crippen molar-refractivity contribution >= 4 is 5.91 Å². The highest BCUT2D eigenvalue weighted by molar-refractivity contribution is 5.79. The maximum Gasteiger partial charge on any atom is 0.225 e. The number of benzene rings is 1. The summed E-state index contributed by atoms with van der Waals surface area (Å²) in [5.41, 5.74) is 1.29. The number of nitrogens with zero attached hydrogens (tertiary/aromatic N) is 1.